The Kier molecular flexibility index (Phi) is 10.5. The van der Waals surface area contributed by atoms with Gasteiger partial charge in [0.05, 0.1) is 11.9 Å². The Balaban J connectivity index is 1.72. The van der Waals surface area contributed by atoms with E-state index in [4.69, 9.17) is 11.6 Å². The number of anilines is 1. The van der Waals surface area contributed by atoms with E-state index in [0.717, 1.165) is 45.4 Å². The second kappa shape index (κ2) is 13.8. The number of hydrogen-bond donors (Lipinski definition) is 1. The zero-order valence-electron chi connectivity index (χ0n) is 22.3. The van der Waals surface area contributed by atoms with Crippen LogP contribution in [0.15, 0.2) is 78.9 Å². The van der Waals surface area contributed by atoms with Gasteiger partial charge in [-0.3, -0.25) is 13.9 Å². The molecule has 1 saturated carbocycles. The van der Waals surface area contributed by atoms with Crippen LogP contribution in [0.4, 0.5) is 5.69 Å². The number of nitrogens with zero attached hydrogens (tertiary/aromatic N) is 2. The Morgan fingerprint density at radius 1 is 0.975 bits per heavy atom. The fraction of sp³-hybridized carbons (Fsp3) is 0.333. The second-order valence-electron chi connectivity index (χ2n) is 10.1. The largest absolute Gasteiger partial charge is 0.352 e. The summed E-state index contributed by atoms with van der Waals surface area (Å²) in [5, 5.41) is 3.62. The van der Waals surface area contributed by atoms with Crippen molar-refractivity contribution in [3.8, 4) is 0 Å². The molecule has 0 radical (unpaired) electrons. The van der Waals surface area contributed by atoms with Crippen LogP contribution in [0.2, 0.25) is 5.02 Å². The molecule has 3 aromatic rings. The average Bonchev–Trinajstić information content (AvgIpc) is 3.44. The van der Waals surface area contributed by atoms with Crippen molar-refractivity contribution in [3.63, 3.8) is 0 Å². The van der Waals surface area contributed by atoms with Gasteiger partial charge in [0, 0.05) is 27.6 Å². The van der Waals surface area contributed by atoms with Gasteiger partial charge in [-0.2, -0.15) is 0 Å². The van der Waals surface area contributed by atoms with Gasteiger partial charge in [-0.05, 0) is 76.9 Å². The van der Waals surface area contributed by atoms with Crippen molar-refractivity contribution in [1.29, 1.82) is 0 Å². The van der Waals surface area contributed by atoms with Crippen molar-refractivity contribution in [2.75, 3.05) is 17.1 Å². The van der Waals surface area contributed by atoms with E-state index in [-0.39, 0.29) is 24.9 Å². The lowest BCUT2D eigenvalue weighted by Gasteiger charge is -2.34. The first-order valence-corrected chi connectivity index (χ1v) is 16.5. The molecule has 1 unspecified atom stereocenters. The molecular weight excluding hydrogens is 661 g/mol. The minimum Gasteiger partial charge on any atom is -0.352 e. The fourth-order valence-corrected chi connectivity index (χ4v) is 6.36. The Morgan fingerprint density at radius 2 is 1.60 bits per heavy atom. The van der Waals surface area contributed by atoms with Crippen LogP contribution in [0, 0.1) is 3.57 Å². The van der Waals surface area contributed by atoms with Gasteiger partial charge < -0.3 is 10.2 Å². The molecule has 1 atom stereocenters. The zero-order valence-corrected chi connectivity index (χ0v) is 26.0. The van der Waals surface area contributed by atoms with E-state index in [1.807, 2.05) is 42.5 Å². The number of rotatable bonds is 11. The molecule has 40 heavy (non-hydrogen) atoms. The molecule has 0 aromatic heterocycles. The number of carbonyl (C=O) groups is 2. The molecular formula is C30H33ClIN3O4S. The minimum atomic E-state index is -3.81. The number of benzene rings is 3. The standard InChI is InChI=1S/C30H33ClIN3O4S/c1-40(38,39)35(26-17-15-24(32)16-18-26)21-29(36)34(20-23-11-5-8-14-27(23)31)28(19-22-9-3-2-4-10-22)30(37)33-25-12-6-7-13-25/h2-5,8-11,14-18,25,28H,6-7,12-13,19-21H2,1H3,(H,33,37). The van der Waals surface area contributed by atoms with Crippen LogP contribution < -0.4 is 9.62 Å². The predicted octanol–water partition coefficient (Wildman–Crippen LogP) is 5.41. The Bertz CT molecular complexity index is 1410. The third-order valence-corrected chi connectivity index (χ3v) is 9.29. The lowest BCUT2D eigenvalue weighted by molar-refractivity contribution is -0.140. The van der Waals surface area contributed by atoms with E-state index in [2.05, 4.69) is 27.9 Å². The van der Waals surface area contributed by atoms with Gasteiger partial charge in [0.1, 0.15) is 12.6 Å². The summed E-state index contributed by atoms with van der Waals surface area (Å²) < 4.78 is 27.8. The molecule has 7 nitrogen and oxygen atoms in total. The molecule has 3 aromatic carbocycles. The molecule has 0 aliphatic heterocycles. The molecule has 2 amide bonds. The molecule has 212 valence electrons. The van der Waals surface area contributed by atoms with Crippen LogP contribution in [0.25, 0.3) is 0 Å². The topological polar surface area (TPSA) is 86.8 Å². The molecule has 0 bridgehead atoms. The average molecular weight is 694 g/mol. The lowest BCUT2D eigenvalue weighted by atomic mass is 10.0. The number of amides is 2. The van der Waals surface area contributed by atoms with Crippen LogP contribution in [0.3, 0.4) is 0 Å². The van der Waals surface area contributed by atoms with Crippen molar-refractivity contribution in [1.82, 2.24) is 10.2 Å². The van der Waals surface area contributed by atoms with Gasteiger partial charge in [0.25, 0.3) is 0 Å². The molecule has 1 aliphatic carbocycles. The van der Waals surface area contributed by atoms with E-state index >= 15 is 0 Å². The lowest BCUT2D eigenvalue weighted by Crippen LogP contribution is -2.54. The van der Waals surface area contributed by atoms with Crippen LogP contribution >= 0.6 is 34.2 Å². The van der Waals surface area contributed by atoms with Crippen LogP contribution in [0.5, 0.6) is 0 Å². The minimum absolute atomic E-state index is 0.0540. The van der Waals surface area contributed by atoms with Gasteiger partial charge in [-0.1, -0.05) is 73.0 Å². The number of carbonyl (C=O) groups excluding carboxylic acids is 2. The zero-order chi connectivity index (χ0) is 28.7. The molecule has 10 heteroatoms. The molecule has 4 rings (SSSR count). The summed E-state index contributed by atoms with van der Waals surface area (Å²) in [6, 6.07) is 22.8. The van der Waals surface area contributed by atoms with Crippen LogP contribution in [-0.4, -0.2) is 50.0 Å². The maximum atomic E-state index is 14.1. The third kappa shape index (κ3) is 8.20. The van der Waals surface area contributed by atoms with Crippen molar-refractivity contribution in [2.45, 2.75) is 50.7 Å². The summed E-state index contributed by atoms with van der Waals surface area (Å²) in [4.78, 5) is 29.4. The van der Waals surface area contributed by atoms with E-state index < -0.39 is 28.5 Å². The van der Waals surface area contributed by atoms with Crippen molar-refractivity contribution >= 4 is 61.7 Å². The van der Waals surface area contributed by atoms with E-state index in [0.29, 0.717) is 16.3 Å². The van der Waals surface area contributed by atoms with E-state index in [1.165, 1.54) is 4.90 Å². The summed E-state index contributed by atoms with van der Waals surface area (Å²) in [6.45, 7) is -0.399. The SMILES string of the molecule is CS(=O)(=O)N(CC(=O)N(Cc1ccccc1Cl)C(Cc1ccccc1)C(=O)NC1CCCC1)c1ccc(I)cc1. The molecule has 0 saturated heterocycles. The molecule has 1 aliphatic rings. The first kappa shape index (κ1) is 30.3. The summed E-state index contributed by atoms with van der Waals surface area (Å²) >= 11 is 8.64. The van der Waals surface area contributed by atoms with Gasteiger partial charge in [-0.25, -0.2) is 8.42 Å². The normalized spacial score (nSPS) is 14.5. The summed E-state index contributed by atoms with van der Waals surface area (Å²) in [6.07, 6.45) is 5.25. The maximum Gasteiger partial charge on any atom is 0.244 e. The van der Waals surface area contributed by atoms with Crippen LogP contribution in [0.1, 0.15) is 36.8 Å². The second-order valence-corrected chi connectivity index (χ2v) is 13.6. The van der Waals surface area contributed by atoms with E-state index in [1.54, 1.807) is 36.4 Å². The Morgan fingerprint density at radius 3 is 2.23 bits per heavy atom. The van der Waals surface area contributed by atoms with E-state index in [9.17, 15) is 18.0 Å². The summed E-state index contributed by atoms with van der Waals surface area (Å²) in [5.41, 5.74) is 1.94. The summed E-state index contributed by atoms with van der Waals surface area (Å²) in [5.74, 6) is -0.747. The van der Waals surface area contributed by atoms with Gasteiger partial charge in [0.15, 0.2) is 0 Å². The first-order chi connectivity index (χ1) is 19.1. The number of sulfonamides is 1. The number of nitrogens with one attached hydrogen (secondary N) is 1. The Labute approximate surface area is 255 Å². The number of halogens is 2. The summed E-state index contributed by atoms with van der Waals surface area (Å²) in [7, 11) is -3.81. The van der Waals surface area contributed by atoms with Crippen molar-refractivity contribution in [3.05, 3.63) is 98.6 Å². The fourth-order valence-electron chi connectivity index (χ4n) is 4.95. The molecule has 1 fully saturated rings. The molecule has 1 N–H and O–H groups in total. The highest BCUT2D eigenvalue weighted by Crippen LogP contribution is 2.24. The first-order valence-electron chi connectivity index (χ1n) is 13.2. The third-order valence-electron chi connectivity index (χ3n) is 7.06. The maximum absolute atomic E-state index is 14.1. The van der Waals surface area contributed by atoms with Gasteiger partial charge in [-0.15, -0.1) is 0 Å². The van der Waals surface area contributed by atoms with Crippen molar-refractivity contribution < 1.29 is 18.0 Å². The molecule has 0 heterocycles. The highest BCUT2D eigenvalue weighted by atomic mass is 127. The van der Waals surface area contributed by atoms with Crippen LogP contribution in [-0.2, 0) is 32.6 Å². The van der Waals surface area contributed by atoms with Gasteiger partial charge >= 0.3 is 0 Å². The van der Waals surface area contributed by atoms with Gasteiger partial charge in [0.2, 0.25) is 21.8 Å². The predicted molar refractivity (Wildman–Crippen MR) is 168 cm³/mol. The van der Waals surface area contributed by atoms with Crippen molar-refractivity contribution in [2.24, 2.45) is 0 Å². The molecule has 0 spiro atoms. The highest BCUT2D eigenvalue weighted by Gasteiger charge is 2.34. The quantitative estimate of drug-likeness (QED) is 0.273. The smallest absolute Gasteiger partial charge is 0.244 e. The number of hydrogen-bond acceptors (Lipinski definition) is 4. The monoisotopic (exact) mass is 693 g/mol. The Hall–Kier alpha value is -2.63. The highest BCUT2D eigenvalue weighted by molar-refractivity contribution is 14.1.